The molecule has 1 aromatic carbocycles. The van der Waals surface area contributed by atoms with Gasteiger partial charge in [-0.25, -0.2) is 8.78 Å². The number of benzene rings is 1. The molecule has 0 saturated carbocycles. The molecule has 1 unspecified atom stereocenters. The normalized spacial score (nSPS) is 13.6. The van der Waals surface area contributed by atoms with Gasteiger partial charge in [-0.2, -0.15) is 0 Å². The number of hydrogen-bond donors (Lipinski definition) is 1. The molecule has 0 aliphatic rings. The Morgan fingerprint density at radius 2 is 1.74 bits per heavy atom. The van der Waals surface area contributed by atoms with Gasteiger partial charge in [0.25, 0.3) is 0 Å². The maximum Gasteiger partial charge on any atom is 0.163 e. The number of halogens is 2. The first-order valence-corrected chi connectivity index (χ1v) is 6.76. The van der Waals surface area contributed by atoms with Gasteiger partial charge in [-0.1, -0.05) is 26.0 Å². The second-order valence-corrected chi connectivity index (χ2v) is 5.69. The summed E-state index contributed by atoms with van der Waals surface area (Å²) in [6.45, 7) is 9.83. The van der Waals surface area contributed by atoms with Gasteiger partial charge < -0.3 is 5.73 Å². The fourth-order valence-corrected chi connectivity index (χ4v) is 2.12. The highest BCUT2D eigenvalue weighted by Gasteiger charge is 2.19. The Labute approximate surface area is 114 Å². The minimum absolute atomic E-state index is 0.245. The van der Waals surface area contributed by atoms with E-state index in [2.05, 4.69) is 32.6 Å². The predicted molar refractivity (Wildman–Crippen MR) is 74.8 cm³/mol. The van der Waals surface area contributed by atoms with E-state index < -0.39 is 17.7 Å². The average molecular weight is 270 g/mol. The smallest absolute Gasteiger partial charge is 0.163 e. The molecule has 0 aromatic heterocycles. The summed E-state index contributed by atoms with van der Waals surface area (Å²) < 4.78 is 26.9. The van der Waals surface area contributed by atoms with Gasteiger partial charge in [0.2, 0.25) is 0 Å². The quantitative estimate of drug-likeness (QED) is 0.859. The van der Waals surface area contributed by atoms with Crippen LogP contribution in [0.25, 0.3) is 0 Å². The van der Waals surface area contributed by atoms with Crippen LogP contribution in [0.4, 0.5) is 8.78 Å². The van der Waals surface area contributed by atoms with E-state index in [0.717, 1.165) is 12.6 Å². The van der Waals surface area contributed by atoms with E-state index in [0.29, 0.717) is 18.5 Å². The molecular formula is C15H24F2N2. The van der Waals surface area contributed by atoms with E-state index in [4.69, 9.17) is 5.73 Å². The molecule has 1 atom stereocenters. The maximum atomic E-state index is 13.7. The van der Waals surface area contributed by atoms with Crippen LogP contribution in [-0.2, 0) is 0 Å². The second-order valence-electron chi connectivity index (χ2n) is 5.69. The Morgan fingerprint density at radius 3 is 2.26 bits per heavy atom. The molecule has 0 radical (unpaired) electrons. The number of rotatable bonds is 6. The molecule has 0 saturated heterocycles. The lowest BCUT2D eigenvalue weighted by Gasteiger charge is -2.31. The van der Waals surface area contributed by atoms with Gasteiger partial charge in [-0.15, -0.1) is 0 Å². The van der Waals surface area contributed by atoms with Crippen LogP contribution >= 0.6 is 0 Å². The van der Waals surface area contributed by atoms with Crippen LogP contribution in [0.1, 0.15) is 39.3 Å². The average Bonchev–Trinajstić information content (AvgIpc) is 2.31. The lowest BCUT2D eigenvalue weighted by molar-refractivity contribution is 0.185. The van der Waals surface area contributed by atoms with Gasteiger partial charge in [-0.3, -0.25) is 4.90 Å². The minimum Gasteiger partial charge on any atom is -0.323 e. The van der Waals surface area contributed by atoms with Crippen LogP contribution in [0, 0.1) is 17.6 Å². The summed E-state index contributed by atoms with van der Waals surface area (Å²) in [5.41, 5.74) is 6.28. The van der Waals surface area contributed by atoms with Crippen molar-refractivity contribution in [2.75, 3.05) is 13.1 Å². The highest BCUT2D eigenvalue weighted by atomic mass is 19.2. The first-order valence-electron chi connectivity index (χ1n) is 6.76. The first kappa shape index (κ1) is 16.1. The molecule has 108 valence electrons. The third-order valence-electron chi connectivity index (χ3n) is 3.14. The van der Waals surface area contributed by atoms with Gasteiger partial charge in [-0.05, 0) is 25.8 Å². The standard InChI is InChI=1S/C15H24F2N2/c1-10(2)8-19(11(3)4)9-14(18)12-6-5-7-13(16)15(12)17/h5-7,10-11,14H,8-9,18H2,1-4H3. The molecule has 0 heterocycles. The largest absolute Gasteiger partial charge is 0.323 e. The molecule has 2 nitrogen and oxygen atoms in total. The summed E-state index contributed by atoms with van der Waals surface area (Å²) in [5, 5.41) is 0. The molecule has 0 bridgehead atoms. The highest BCUT2D eigenvalue weighted by molar-refractivity contribution is 5.22. The van der Waals surface area contributed by atoms with Gasteiger partial charge in [0.05, 0.1) is 0 Å². The van der Waals surface area contributed by atoms with Crippen molar-refractivity contribution in [1.29, 1.82) is 0 Å². The monoisotopic (exact) mass is 270 g/mol. The van der Waals surface area contributed by atoms with Gasteiger partial charge in [0.1, 0.15) is 0 Å². The number of nitrogens with zero attached hydrogens (tertiary/aromatic N) is 1. The van der Waals surface area contributed by atoms with Crippen molar-refractivity contribution >= 4 is 0 Å². The molecule has 0 amide bonds. The van der Waals surface area contributed by atoms with Crippen molar-refractivity contribution in [2.24, 2.45) is 11.7 Å². The molecule has 0 aliphatic heterocycles. The van der Waals surface area contributed by atoms with E-state index in [9.17, 15) is 8.78 Å². The summed E-state index contributed by atoms with van der Waals surface area (Å²) in [5.74, 6) is -1.16. The molecule has 4 heteroatoms. The SMILES string of the molecule is CC(C)CN(CC(N)c1cccc(F)c1F)C(C)C. The van der Waals surface area contributed by atoms with Crippen LogP contribution in [0.3, 0.4) is 0 Å². The summed E-state index contributed by atoms with van der Waals surface area (Å²) in [6, 6.07) is 3.97. The van der Waals surface area contributed by atoms with E-state index in [1.807, 2.05) is 0 Å². The van der Waals surface area contributed by atoms with E-state index >= 15 is 0 Å². The molecule has 0 fully saturated rings. The summed E-state index contributed by atoms with van der Waals surface area (Å²) in [4.78, 5) is 2.19. The lowest BCUT2D eigenvalue weighted by atomic mass is 10.0. The van der Waals surface area contributed by atoms with Crippen molar-refractivity contribution < 1.29 is 8.78 Å². The molecule has 19 heavy (non-hydrogen) atoms. The number of hydrogen-bond acceptors (Lipinski definition) is 2. The molecule has 0 spiro atoms. The topological polar surface area (TPSA) is 29.3 Å². The molecule has 0 aliphatic carbocycles. The molecular weight excluding hydrogens is 246 g/mol. The van der Waals surface area contributed by atoms with Crippen molar-refractivity contribution in [3.8, 4) is 0 Å². The Kier molecular flexibility index (Phi) is 5.88. The van der Waals surface area contributed by atoms with E-state index in [1.165, 1.54) is 6.07 Å². The Bertz CT molecular complexity index is 405. The third-order valence-corrected chi connectivity index (χ3v) is 3.14. The molecule has 1 aromatic rings. The van der Waals surface area contributed by atoms with Crippen LogP contribution in [-0.4, -0.2) is 24.0 Å². The minimum atomic E-state index is -0.840. The van der Waals surface area contributed by atoms with Crippen molar-refractivity contribution in [3.05, 3.63) is 35.4 Å². The van der Waals surface area contributed by atoms with E-state index in [-0.39, 0.29) is 5.56 Å². The van der Waals surface area contributed by atoms with Gasteiger partial charge in [0.15, 0.2) is 11.6 Å². The van der Waals surface area contributed by atoms with Crippen molar-refractivity contribution in [3.63, 3.8) is 0 Å². The Morgan fingerprint density at radius 1 is 1.11 bits per heavy atom. The summed E-state index contributed by atoms with van der Waals surface area (Å²) in [6.07, 6.45) is 0. The molecule has 1 rings (SSSR count). The fraction of sp³-hybridized carbons (Fsp3) is 0.600. The van der Waals surface area contributed by atoms with Crippen molar-refractivity contribution in [2.45, 2.75) is 39.8 Å². The van der Waals surface area contributed by atoms with Gasteiger partial charge in [0, 0.05) is 30.7 Å². The third kappa shape index (κ3) is 4.55. The zero-order valence-corrected chi connectivity index (χ0v) is 12.2. The summed E-state index contributed by atoms with van der Waals surface area (Å²) >= 11 is 0. The van der Waals surface area contributed by atoms with Crippen LogP contribution in [0.2, 0.25) is 0 Å². The lowest BCUT2D eigenvalue weighted by Crippen LogP contribution is -2.39. The van der Waals surface area contributed by atoms with Crippen molar-refractivity contribution in [1.82, 2.24) is 4.90 Å². The zero-order valence-electron chi connectivity index (χ0n) is 12.2. The van der Waals surface area contributed by atoms with Crippen LogP contribution in [0.5, 0.6) is 0 Å². The Hall–Kier alpha value is -1.00. The molecule has 2 N–H and O–H groups in total. The maximum absolute atomic E-state index is 13.7. The summed E-state index contributed by atoms with van der Waals surface area (Å²) in [7, 11) is 0. The highest BCUT2D eigenvalue weighted by Crippen LogP contribution is 2.19. The van der Waals surface area contributed by atoms with E-state index in [1.54, 1.807) is 6.07 Å². The predicted octanol–water partition coefficient (Wildman–Crippen LogP) is 3.33. The number of nitrogens with two attached hydrogens (primary N) is 1. The second kappa shape index (κ2) is 6.96. The zero-order chi connectivity index (χ0) is 14.6. The fourth-order valence-electron chi connectivity index (χ4n) is 2.12. The first-order chi connectivity index (χ1) is 8.82. The van der Waals surface area contributed by atoms with Crippen LogP contribution < -0.4 is 5.73 Å². The van der Waals surface area contributed by atoms with Crippen LogP contribution in [0.15, 0.2) is 18.2 Å². The Balaban J connectivity index is 2.81. The van der Waals surface area contributed by atoms with Gasteiger partial charge >= 0.3 is 0 Å².